The summed E-state index contributed by atoms with van der Waals surface area (Å²) in [5.41, 5.74) is 5.39. The largest absolute Gasteiger partial charge is 0.329 e. The van der Waals surface area contributed by atoms with Gasteiger partial charge in [0.05, 0.1) is 6.20 Å². The molecular weight excluding hydrogens is 302 g/mol. The van der Waals surface area contributed by atoms with Crippen LogP contribution in [0.15, 0.2) is 17.3 Å². The number of aromatic nitrogens is 2. The molecule has 112 valence electrons. The van der Waals surface area contributed by atoms with Gasteiger partial charge in [-0.1, -0.05) is 0 Å². The minimum atomic E-state index is -3.74. The molecule has 0 bridgehead atoms. The van der Waals surface area contributed by atoms with Gasteiger partial charge in [0, 0.05) is 25.8 Å². The Hall–Kier alpha value is -0.770. The molecule has 1 aromatic heterocycles. The van der Waals surface area contributed by atoms with Crippen molar-refractivity contribution in [2.24, 2.45) is 5.73 Å². The molecule has 0 aliphatic carbocycles. The first-order chi connectivity index (χ1) is 8.28. The Labute approximate surface area is 117 Å². The van der Waals surface area contributed by atoms with Crippen molar-refractivity contribution in [3.8, 4) is 0 Å². The molecule has 1 atom stereocenters. The molecule has 1 aromatic rings. The van der Waals surface area contributed by atoms with Crippen LogP contribution in [0, 0.1) is 0 Å². The average Bonchev–Trinajstić information content (AvgIpc) is 2.75. The molecule has 0 aromatic carbocycles. The molecular formula is C9H17ClF2N4O2S. The van der Waals surface area contributed by atoms with E-state index in [1.165, 1.54) is 7.05 Å². The minimum absolute atomic E-state index is 0. The van der Waals surface area contributed by atoms with Crippen LogP contribution in [-0.4, -0.2) is 48.6 Å². The van der Waals surface area contributed by atoms with Gasteiger partial charge in [0.25, 0.3) is 6.43 Å². The van der Waals surface area contributed by atoms with Gasteiger partial charge in [0.2, 0.25) is 10.0 Å². The molecule has 10 heteroatoms. The van der Waals surface area contributed by atoms with Gasteiger partial charge < -0.3 is 5.73 Å². The van der Waals surface area contributed by atoms with Gasteiger partial charge in [0.1, 0.15) is 11.4 Å². The standard InChI is InChI=1S/C9H16F2N4O2S.ClH/c1-7(3-12)14(2)18(16,17)8-4-13-15(5-8)6-9(10)11;/h4-5,7,9H,3,6,12H2,1-2H3;1H. The Balaban J connectivity index is 0.00000324. The van der Waals surface area contributed by atoms with Gasteiger partial charge in [-0.3, -0.25) is 4.68 Å². The van der Waals surface area contributed by atoms with E-state index in [4.69, 9.17) is 5.73 Å². The third kappa shape index (κ3) is 4.37. The number of nitrogens with two attached hydrogens (primary N) is 1. The van der Waals surface area contributed by atoms with Crippen LogP contribution in [0.2, 0.25) is 0 Å². The van der Waals surface area contributed by atoms with E-state index in [0.717, 1.165) is 21.4 Å². The molecule has 0 aliphatic rings. The number of hydrogen-bond acceptors (Lipinski definition) is 4. The molecule has 6 nitrogen and oxygen atoms in total. The fourth-order valence-corrected chi connectivity index (χ4v) is 2.60. The number of halogens is 3. The SMILES string of the molecule is CC(CN)N(C)S(=O)(=O)c1cnn(CC(F)F)c1.Cl. The van der Waals surface area contributed by atoms with Crippen molar-refractivity contribution in [3.63, 3.8) is 0 Å². The molecule has 2 N–H and O–H groups in total. The number of sulfonamides is 1. The lowest BCUT2D eigenvalue weighted by Crippen LogP contribution is -2.39. The van der Waals surface area contributed by atoms with Crippen molar-refractivity contribution in [1.29, 1.82) is 0 Å². The van der Waals surface area contributed by atoms with Gasteiger partial charge in [-0.25, -0.2) is 17.2 Å². The predicted molar refractivity (Wildman–Crippen MR) is 68.9 cm³/mol. The zero-order chi connectivity index (χ0) is 13.9. The summed E-state index contributed by atoms with van der Waals surface area (Å²) in [7, 11) is -2.35. The molecule has 0 saturated heterocycles. The van der Waals surface area contributed by atoms with Crippen LogP contribution in [0.1, 0.15) is 6.92 Å². The monoisotopic (exact) mass is 318 g/mol. The first-order valence-electron chi connectivity index (χ1n) is 5.27. The van der Waals surface area contributed by atoms with E-state index in [1.807, 2.05) is 0 Å². The summed E-state index contributed by atoms with van der Waals surface area (Å²) >= 11 is 0. The number of likely N-dealkylation sites (N-methyl/N-ethyl adjacent to an activating group) is 1. The lowest BCUT2D eigenvalue weighted by molar-refractivity contribution is 0.121. The predicted octanol–water partition coefficient (Wildman–Crippen LogP) is 0.538. The van der Waals surface area contributed by atoms with Crippen molar-refractivity contribution in [2.75, 3.05) is 13.6 Å². The zero-order valence-electron chi connectivity index (χ0n) is 10.5. The average molecular weight is 319 g/mol. The second kappa shape index (κ2) is 7.13. The van der Waals surface area contributed by atoms with Crippen LogP contribution in [0.25, 0.3) is 0 Å². The highest BCUT2D eigenvalue weighted by molar-refractivity contribution is 7.89. The normalized spacial score (nSPS) is 13.6. The quantitative estimate of drug-likeness (QED) is 0.830. The van der Waals surface area contributed by atoms with Gasteiger partial charge >= 0.3 is 0 Å². The minimum Gasteiger partial charge on any atom is -0.329 e. The molecule has 0 amide bonds. The molecule has 0 fully saturated rings. The van der Waals surface area contributed by atoms with Crippen molar-refractivity contribution in [1.82, 2.24) is 14.1 Å². The highest BCUT2D eigenvalue weighted by atomic mass is 35.5. The van der Waals surface area contributed by atoms with E-state index >= 15 is 0 Å². The van der Waals surface area contributed by atoms with E-state index < -0.39 is 23.0 Å². The number of rotatable bonds is 6. The first-order valence-corrected chi connectivity index (χ1v) is 6.71. The maximum Gasteiger partial charge on any atom is 0.257 e. The molecule has 19 heavy (non-hydrogen) atoms. The summed E-state index contributed by atoms with van der Waals surface area (Å²) in [5.74, 6) is 0. The number of alkyl halides is 2. The van der Waals surface area contributed by atoms with Crippen LogP contribution in [-0.2, 0) is 16.6 Å². The highest BCUT2D eigenvalue weighted by Crippen LogP contribution is 2.15. The van der Waals surface area contributed by atoms with Crippen molar-refractivity contribution < 1.29 is 17.2 Å². The van der Waals surface area contributed by atoms with Crippen molar-refractivity contribution >= 4 is 22.4 Å². The van der Waals surface area contributed by atoms with E-state index in [-0.39, 0.29) is 29.9 Å². The Morgan fingerprint density at radius 1 is 1.53 bits per heavy atom. The highest BCUT2D eigenvalue weighted by Gasteiger charge is 2.26. The van der Waals surface area contributed by atoms with Gasteiger partial charge in [-0.15, -0.1) is 12.4 Å². The second-order valence-corrected chi connectivity index (χ2v) is 5.89. The summed E-state index contributed by atoms with van der Waals surface area (Å²) in [6, 6.07) is -0.381. The summed E-state index contributed by atoms with van der Waals surface area (Å²) < 4.78 is 50.4. The molecule has 0 aliphatic heterocycles. The van der Waals surface area contributed by atoms with Crippen molar-refractivity contribution in [3.05, 3.63) is 12.4 Å². The number of nitrogens with zero attached hydrogens (tertiary/aromatic N) is 3. The second-order valence-electron chi connectivity index (χ2n) is 3.90. The first kappa shape index (κ1) is 18.2. The fraction of sp³-hybridized carbons (Fsp3) is 0.667. The van der Waals surface area contributed by atoms with E-state index in [1.54, 1.807) is 6.92 Å². The summed E-state index contributed by atoms with van der Waals surface area (Å²) in [6.07, 6.45) is -0.445. The Morgan fingerprint density at radius 3 is 2.58 bits per heavy atom. The smallest absolute Gasteiger partial charge is 0.257 e. The molecule has 1 unspecified atom stereocenters. The lowest BCUT2D eigenvalue weighted by Gasteiger charge is -2.21. The van der Waals surface area contributed by atoms with Crippen LogP contribution in [0.4, 0.5) is 8.78 Å². The maximum atomic E-state index is 12.1. The van der Waals surface area contributed by atoms with E-state index in [2.05, 4.69) is 5.10 Å². The third-order valence-electron chi connectivity index (χ3n) is 2.57. The van der Waals surface area contributed by atoms with Gasteiger partial charge in [0.15, 0.2) is 0 Å². The molecule has 0 radical (unpaired) electrons. The fourth-order valence-electron chi connectivity index (χ4n) is 1.27. The molecule has 1 rings (SSSR count). The molecule has 0 saturated carbocycles. The van der Waals surface area contributed by atoms with E-state index in [9.17, 15) is 17.2 Å². The van der Waals surface area contributed by atoms with Crippen molar-refractivity contribution in [2.45, 2.75) is 30.8 Å². The van der Waals surface area contributed by atoms with E-state index in [0.29, 0.717) is 0 Å². The summed E-state index contributed by atoms with van der Waals surface area (Å²) in [6.45, 7) is 1.19. The Kier molecular flexibility index (Phi) is 6.84. The molecule has 0 spiro atoms. The summed E-state index contributed by atoms with van der Waals surface area (Å²) in [5, 5.41) is 3.59. The molecule has 1 heterocycles. The van der Waals surface area contributed by atoms with Crippen LogP contribution >= 0.6 is 12.4 Å². The topological polar surface area (TPSA) is 81.2 Å². The van der Waals surface area contributed by atoms with Crippen LogP contribution < -0.4 is 5.73 Å². The zero-order valence-corrected chi connectivity index (χ0v) is 12.2. The Bertz CT molecular complexity index is 494. The third-order valence-corrected chi connectivity index (χ3v) is 4.50. The van der Waals surface area contributed by atoms with Gasteiger partial charge in [-0.05, 0) is 6.92 Å². The van der Waals surface area contributed by atoms with Crippen LogP contribution in [0.5, 0.6) is 0 Å². The number of hydrogen-bond donors (Lipinski definition) is 1. The maximum absolute atomic E-state index is 12.1. The van der Waals surface area contributed by atoms with Gasteiger partial charge in [-0.2, -0.15) is 9.40 Å². The lowest BCUT2D eigenvalue weighted by atomic mass is 10.4. The summed E-state index contributed by atoms with van der Waals surface area (Å²) in [4.78, 5) is -0.119. The Morgan fingerprint density at radius 2 is 2.11 bits per heavy atom. The van der Waals surface area contributed by atoms with Crippen LogP contribution in [0.3, 0.4) is 0 Å².